The molecular weight excluding hydrogens is 301 g/mol. The maximum atomic E-state index is 11.7. The molecule has 0 fully saturated rings. The molecule has 0 N–H and O–H groups in total. The number of carbonyl (C=O) groups excluding carboxylic acids is 1. The lowest BCUT2D eigenvalue weighted by Gasteiger charge is -2.14. The third kappa shape index (κ3) is 2.97. The molecule has 106 valence electrons. The van der Waals surface area contributed by atoms with E-state index in [1.165, 1.54) is 13.2 Å². The molecule has 0 saturated heterocycles. The minimum atomic E-state index is -0.550. The number of halogens is 2. The summed E-state index contributed by atoms with van der Waals surface area (Å²) in [7, 11) is 1.29. The lowest BCUT2D eigenvalue weighted by atomic mass is 10.1. The molecule has 20 heavy (non-hydrogen) atoms. The monoisotopic (exact) mass is 313 g/mol. The van der Waals surface area contributed by atoms with E-state index in [0.717, 1.165) is 0 Å². The number of fused-ring (bicyclic) bond motifs is 1. The van der Waals surface area contributed by atoms with Crippen LogP contribution in [0.2, 0.25) is 10.0 Å². The van der Waals surface area contributed by atoms with Gasteiger partial charge in [0, 0.05) is 16.5 Å². The first-order chi connectivity index (χ1) is 9.42. The summed E-state index contributed by atoms with van der Waals surface area (Å²) in [4.78, 5) is 15.9. The summed E-state index contributed by atoms with van der Waals surface area (Å²) in [5.41, 5.74) is 0.592. The molecule has 0 unspecified atom stereocenters. The van der Waals surface area contributed by atoms with Crippen molar-refractivity contribution in [3.8, 4) is 5.75 Å². The number of hydrogen-bond donors (Lipinski definition) is 0. The van der Waals surface area contributed by atoms with Crippen molar-refractivity contribution in [3.05, 3.63) is 33.9 Å². The molecule has 1 aromatic carbocycles. The van der Waals surface area contributed by atoms with Gasteiger partial charge in [-0.05, 0) is 26.0 Å². The van der Waals surface area contributed by atoms with Gasteiger partial charge in [0.15, 0.2) is 5.69 Å². The van der Waals surface area contributed by atoms with Gasteiger partial charge >= 0.3 is 5.97 Å². The number of carbonyl (C=O) groups is 1. The zero-order valence-electron chi connectivity index (χ0n) is 11.2. The predicted octanol–water partition coefficient (Wildman–Crippen LogP) is 4.12. The number of ether oxygens (including phenoxy) is 2. The van der Waals surface area contributed by atoms with E-state index in [1.54, 1.807) is 12.1 Å². The van der Waals surface area contributed by atoms with Crippen LogP contribution in [0.3, 0.4) is 0 Å². The van der Waals surface area contributed by atoms with E-state index < -0.39 is 5.97 Å². The molecule has 6 heteroatoms. The second-order valence-electron chi connectivity index (χ2n) is 4.45. The Balaban J connectivity index is 2.74. The first kappa shape index (κ1) is 14.9. The van der Waals surface area contributed by atoms with E-state index in [-0.39, 0.29) is 11.8 Å². The topological polar surface area (TPSA) is 48.4 Å². The zero-order chi connectivity index (χ0) is 14.9. The van der Waals surface area contributed by atoms with Gasteiger partial charge in [-0.3, -0.25) is 0 Å². The van der Waals surface area contributed by atoms with Crippen molar-refractivity contribution in [1.29, 1.82) is 0 Å². The van der Waals surface area contributed by atoms with Gasteiger partial charge in [-0.2, -0.15) is 0 Å². The largest absolute Gasteiger partial charge is 0.490 e. The van der Waals surface area contributed by atoms with Crippen LogP contribution in [0, 0.1) is 0 Å². The molecule has 0 aliphatic carbocycles. The molecule has 0 aliphatic heterocycles. The summed E-state index contributed by atoms with van der Waals surface area (Å²) in [5, 5.41) is 1.49. The van der Waals surface area contributed by atoms with Gasteiger partial charge < -0.3 is 9.47 Å². The fourth-order valence-electron chi connectivity index (χ4n) is 1.78. The van der Waals surface area contributed by atoms with Gasteiger partial charge in [0.1, 0.15) is 5.75 Å². The molecular formula is C14H13Cl2NO3. The highest BCUT2D eigenvalue weighted by Gasteiger charge is 2.16. The first-order valence-corrected chi connectivity index (χ1v) is 6.72. The van der Waals surface area contributed by atoms with Crippen LogP contribution in [0.15, 0.2) is 18.2 Å². The van der Waals surface area contributed by atoms with Gasteiger partial charge in [0.2, 0.25) is 0 Å². The third-order valence-corrected chi connectivity index (χ3v) is 3.06. The molecule has 0 bridgehead atoms. The molecule has 0 radical (unpaired) electrons. The molecule has 4 nitrogen and oxygen atoms in total. The van der Waals surface area contributed by atoms with Gasteiger partial charge in [-0.15, -0.1) is 0 Å². The lowest BCUT2D eigenvalue weighted by Crippen LogP contribution is -2.09. The van der Waals surface area contributed by atoms with Gasteiger partial charge in [0.05, 0.1) is 23.8 Å². The van der Waals surface area contributed by atoms with Crippen molar-refractivity contribution in [2.45, 2.75) is 20.0 Å². The van der Waals surface area contributed by atoms with Crippen LogP contribution in [0.25, 0.3) is 10.9 Å². The highest BCUT2D eigenvalue weighted by atomic mass is 35.5. The fourth-order valence-corrected chi connectivity index (χ4v) is 2.32. The van der Waals surface area contributed by atoms with Crippen LogP contribution >= 0.6 is 23.2 Å². The normalized spacial score (nSPS) is 10.9. The predicted molar refractivity (Wildman–Crippen MR) is 78.9 cm³/mol. The molecule has 0 saturated carbocycles. The number of methoxy groups -OCH3 is 1. The van der Waals surface area contributed by atoms with Gasteiger partial charge in [-0.1, -0.05) is 23.2 Å². The SMILES string of the molecule is COC(=O)c1cc(OC(C)C)c2cc(Cl)cc(Cl)c2n1. The number of nitrogens with zero attached hydrogens (tertiary/aromatic N) is 1. The van der Waals surface area contributed by atoms with E-state index in [9.17, 15) is 4.79 Å². The van der Waals surface area contributed by atoms with Crippen LogP contribution in [0.5, 0.6) is 5.75 Å². The van der Waals surface area contributed by atoms with Crippen molar-refractivity contribution in [2.24, 2.45) is 0 Å². The van der Waals surface area contributed by atoms with E-state index in [1.807, 2.05) is 13.8 Å². The van der Waals surface area contributed by atoms with Crippen LogP contribution < -0.4 is 4.74 Å². The minimum Gasteiger partial charge on any atom is -0.490 e. The number of aromatic nitrogens is 1. The van der Waals surface area contributed by atoms with E-state index in [2.05, 4.69) is 9.72 Å². The standard InChI is InChI=1S/C14H13Cl2NO3/c1-7(2)20-12-6-11(14(18)19-3)17-13-9(12)4-8(15)5-10(13)16/h4-7H,1-3H3. The average molecular weight is 314 g/mol. The second-order valence-corrected chi connectivity index (χ2v) is 5.29. The summed E-state index contributed by atoms with van der Waals surface area (Å²) in [6, 6.07) is 4.80. The smallest absolute Gasteiger partial charge is 0.356 e. The number of pyridine rings is 1. The zero-order valence-corrected chi connectivity index (χ0v) is 12.7. The molecule has 2 rings (SSSR count). The minimum absolute atomic E-state index is 0.0659. The Kier molecular flexibility index (Phi) is 4.35. The highest BCUT2D eigenvalue weighted by Crippen LogP contribution is 2.33. The van der Waals surface area contributed by atoms with Crippen LogP contribution in [0.4, 0.5) is 0 Å². The summed E-state index contributed by atoms with van der Waals surface area (Å²) < 4.78 is 10.4. The van der Waals surface area contributed by atoms with Crippen LogP contribution in [-0.2, 0) is 4.74 Å². The number of hydrogen-bond acceptors (Lipinski definition) is 4. The van der Waals surface area contributed by atoms with Crippen LogP contribution in [0.1, 0.15) is 24.3 Å². The third-order valence-electron chi connectivity index (χ3n) is 2.55. The molecule has 1 heterocycles. The molecule has 1 aromatic heterocycles. The lowest BCUT2D eigenvalue weighted by molar-refractivity contribution is 0.0593. The Morgan fingerprint density at radius 1 is 1.25 bits per heavy atom. The quantitative estimate of drug-likeness (QED) is 0.800. The van der Waals surface area contributed by atoms with Gasteiger partial charge in [0.25, 0.3) is 0 Å². The fraction of sp³-hybridized carbons (Fsp3) is 0.286. The summed E-state index contributed by atoms with van der Waals surface area (Å²) >= 11 is 12.1. The van der Waals surface area contributed by atoms with E-state index in [4.69, 9.17) is 27.9 Å². The molecule has 2 aromatic rings. The maximum Gasteiger partial charge on any atom is 0.356 e. The summed E-state index contributed by atoms with van der Waals surface area (Å²) in [5.74, 6) is -0.0543. The molecule has 0 aliphatic rings. The number of rotatable bonds is 3. The average Bonchev–Trinajstić information content (AvgIpc) is 2.37. The Hall–Kier alpha value is -1.52. The van der Waals surface area contributed by atoms with Crippen molar-refractivity contribution in [3.63, 3.8) is 0 Å². The molecule has 0 spiro atoms. The molecule has 0 amide bonds. The number of benzene rings is 1. The van der Waals surface area contributed by atoms with E-state index >= 15 is 0 Å². The number of esters is 1. The van der Waals surface area contributed by atoms with Crippen molar-refractivity contribution >= 4 is 40.1 Å². The Morgan fingerprint density at radius 2 is 1.95 bits per heavy atom. The second kappa shape index (κ2) is 5.85. The Morgan fingerprint density at radius 3 is 2.55 bits per heavy atom. The molecule has 0 atom stereocenters. The highest BCUT2D eigenvalue weighted by molar-refractivity contribution is 6.38. The summed E-state index contributed by atoms with van der Waals surface area (Å²) in [6.45, 7) is 3.77. The van der Waals surface area contributed by atoms with Crippen LogP contribution in [-0.4, -0.2) is 24.2 Å². The Labute approximate surface area is 126 Å². The maximum absolute atomic E-state index is 11.7. The van der Waals surface area contributed by atoms with Crippen molar-refractivity contribution < 1.29 is 14.3 Å². The Bertz CT molecular complexity index is 671. The van der Waals surface area contributed by atoms with Crippen molar-refractivity contribution in [1.82, 2.24) is 4.98 Å². The van der Waals surface area contributed by atoms with Gasteiger partial charge in [-0.25, -0.2) is 9.78 Å². The van der Waals surface area contributed by atoms with Crippen molar-refractivity contribution in [2.75, 3.05) is 7.11 Å². The first-order valence-electron chi connectivity index (χ1n) is 5.97. The summed E-state index contributed by atoms with van der Waals surface area (Å²) in [6.07, 6.45) is -0.0659. The van der Waals surface area contributed by atoms with E-state index in [0.29, 0.717) is 26.7 Å².